The predicted octanol–water partition coefficient (Wildman–Crippen LogP) is 2.68. The summed E-state index contributed by atoms with van der Waals surface area (Å²) in [7, 11) is 3.97. The fraction of sp³-hybridized carbons (Fsp3) is 0.308. The lowest BCUT2D eigenvalue weighted by Crippen LogP contribution is -2.09. The van der Waals surface area contributed by atoms with Crippen molar-refractivity contribution in [2.24, 2.45) is 0 Å². The number of ether oxygens (including phenoxy) is 1. The molecular formula is C13H17N3OS. The van der Waals surface area contributed by atoms with Crippen molar-refractivity contribution in [3.8, 4) is 5.75 Å². The number of rotatable bonds is 4. The van der Waals surface area contributed by atoms with Gasteiger partial charge in [-0.05, 0) is 19.1 Å². The summed E-state index contributed by atoms with van der Waals surface area (Å²) in [5, 5.41) is 2.97. The lowest BCUT2D eigenvalue weighted by molar-refractivity contribution is 0.307. The lowest BCUT2D eigenvalue weighted by Gasteiger charge is -2.15. The van der Waals surface area contributed by atoms with Crippen LogP contribution < -0.4 is 15.4 Å². The average Bonchev–Trinajstić information content (AvgIpc) is 2.74. The Kier molecular flexibility index (Phi) is 3.72. The van der Waals surface area contributed by atoms with Crippen LogP contribution in [-0.4, -0.2) is 19.1 Å². The second-order valence-electron chi connectivity index (χ2n) is 4.29. The van der Waals surface area contributed by atoms with Crippen molar-refractivity contribution in [3.63, 3.8) is 0 Å². The van der Waals surface area contributed by atoms with Crippen LogP contribution in [0.25, 0.3) is 0 Å². The zero-order valence-electron chi connectivity index (χ0n) is 10.8. The number of benzene rings is 1. The summed E-state index contributed by atoms with van der Waals surface area (Å²) < 4.78 is 5.72. The van der Waals surface area contributed by atoms with E-state index in [4.69, 9.17) is 10.5 Å². The normalized spacial score (nSPS) is 10.4. The van der Waals surface area contributed by atoms with E-state index < -0.39 is 0 Å². The highest BCUT2D eigenvalue weighted by Crippen LogP contribution is 2.27. The van der Waals surface area contributed by atoms with Crippen molar-refractivity contribution in [3.05, 3.63) is 34.3 Å². The Bertz CT molecular complexity index is 537. The molecular weight excluding hydrogens is 246 g/mol. The molecule has 0 unspecified atom stereocenters. The van der Waals surface area contributed by atoms with E-state index >= 15 is 0 Å². The first-order chi connectivity index (χ1) is 8.56. The molecule has 2 N–H and O–H groups in total. The number of aromatic nitrogens is 1. The second kappa shape index (κ2) is 5.27. The third-order valence-electron chi connectivity index (χ3n) is 2.53. The molecule has 0 aliphatic heterocycles. The number of hydrogen-bond acceptors (Lipinski definition) is 5. The minimum absolute atomic E-state index is 0.458. The van der Waals surface area contributed by atoms with Gasteiger partial charge in [0.1, 0.15) is 17.4 Å². The molecule has 0 saturated carbocycles. The molecule has 0 amide bonds. The van der Waals surface area contributed by atoms with Gasteiger partial charge in [-0.25, -0.2) is 4.98 Å². The maximum Gasteiger partial charge on any atom is 0.144 e. The summed E-state index contributed by atoms with van der Waals surface area (Å²) in [5.74, 6) is 0.703. The number of aryl methyl sites for hydroxylation is 1. The van der Waals surface area contributed by atoms with Crippen LogP contribution in [0.4, 0.5) is 11.4 Å². The molecule has 0 atom stereocenters. The van der Waals surface area contributed by atoms with Gasteiger partial charge in [0.05, 0.1) is 5.69 Å². The zero-order valence-corrected chi connectivity index (χ0v) is 11.6. The van der Waals surface area contributed by atoms with Gasteiger partial charge in [-0.3, -0.25) is 0 Å². The minimum atomic E-state index is 0.458. The van der Waals surface area contributed by atoms with Gasteiger partial charge in [0.15, 0.2) is 0 Å². The van der Waals surface area contributed by atoms with Crippen molar-refractivity contribution < 1.29 is 4.74 Å². The van der Waals surface area contributed by atoms with Gasteiger partial charge in [0, 0.05) is 36.9 Å². The molecule has 1 aromatic carbocycles. The summed E-state index contributed by atoms with van der Waals surface area (Å²) in [5.41, 5.74) is 8.63. The molecule has 0 bridgehead atoms. The fourth-order valence-electron chi connectivity index (χ4n) is 1.53. The topological polar surface area (TPSA) is 51.4 Å². The number of anilines is 2. The average molecular weight is 263 g/mol. The largest absolute Gasteiger partial charge is 0.484 e. The van der Waals surface area contributed by atoms with Crippen LogP contribution in [0.2, 0.25) is 0 Å². The van der Waals surface area contributed by atoms with E-state index in [-0.39, 0.29) is 0 Å². The summed E-state index contributed by atoms with van der Waals surface area (Å²) >= 11 is 1.60. The Hall–Kier alpha value is -1.75. The van der Waals surface area contributed by atoms with Gasteiger partial charge in [-0.15, -0.1) is 11.3 Å². The first-order valence-corrected chi connectivity index (χ1v) is 6.55. The van der Waals surface area contributed by atoms with Crippen LogP contribution >= 0.6 is 11.3 Å². The summed E-state index contributed by atoms with van der Waals surface area (Å²) in [6.07, 6.45) is 0. The molecule has 96 valence electrons. The summed E-state index contributed by atoms with van der Waals surface area (Å²) in [6, 6.07) is 5.77. The fourth-order valence-corrected chi connectivity index (χ4v) is 2.22. The Morgan fingerprint density at radius 1 is 1.39 bits per heavy atom. The third kappa shape index (κ3) is 2.92. The van der Waals surface area contributed by atoms with E-state index in [0.29, 0.717) is 18.0 Å². The Balaban J connectivity index is 2.10. The SMILES string of the molecule is Cc1csc(COc2cc(N(C)C)ccc2N)n1. The van der Waals surface area contributed by atoms with Crippen LogP contribution in [0.5, 0.6) is 5.75 Å². The van der Waals surface area contributed by atoms with Crippen molar-refractivity contribution >= 4 is 22.7 Å². The maximum atomic E-state index is 5.90. The standard InChI is InChI=1S/C13H17N3OS/c1-9-8-18-13(15-9)7-17-12-6-10(16(2)3)4-5-11(12)14/h4-6,8H,7,14H2,1-3H3. The van der Waals surface area contributed by atoms with Gasteiger partial charge in [-0.1, -0.05) is 0 Å². The predicted molar refractivity (Wildman–Crippen MR) is 76.4 cm³/mol. The van der Waals surface area contributed by atoms with Crippen molar-refractivity contribution in [2.75, 3.05) is 24.7 Å². The van der Waals surface area contributed by atoms with Gasteiger partial charge in [-0.2, -0.15) is 0 Å². The highest BCUT2D eigenvalue weighted by atomic mass is 32.1. The molecule has 0 radical (unpaired) electrons. The van der Waals surface area contributed by atoms with Crippen LogP contribution in [0.3, 0.4) is 0 Å². The minimum Gasteiger partial charge on any atom is -0.484 e. The van der Waals surface area contributed by atoms with E-state index in [2.05, 4.69) is 4.98 Å². The summed E-state index contributed by atoms with van der Waals surface area (Å²) in [6.45, 7) is 2.43. The molecule has 5 heteroatoms. The van der Waals surface area contributed by atoms with Crippen LogP contribution in [0.1, 0.15) is 10.7 Å². The first kappa shape index (κ1) is 12.7. The van der Waals surface area contributed by atoms with E-state index in [9.17, 15) is 0 Å². The van der Waals surface area contributed by atoms with Gasteiger partial charge >= 0.3 is 0 Å². The van der Waals surface area contributed by atoms with Crippen molar-refractivity contribution in [1.29, 1.82) is 0 Å². The zero-order chi connectivity index (χ0) is 13.1. The molecule has 0 spiro atoms. The molecule has 2 rings (SSSR count). The number of thiazole rings is 1. The van der Waals surface area contributed by atoms with Gasteiger partial charge in [0.25, 0.3) is 0 Å². The molecule has 0 saturated heterocycles. The molecule has 0 aliphatic rings. The Morgan fingerprint density at radius 3 is 2.78 bits per heavy atom. The Labute approximate surface area is 111 Å². The highest BCUT2D eigenvalue weighted by molar-refractivity contribution is 7.09. The third-order valence-corrected chi connectivity index (χ3v) is 3.47. The van der Waals surface area contributed by atoms with Gasteiger partial charge < -0.3 is 15.4 Å². The molecule has 18 heavy (non-hydrogen) atoms. The van der Waals surface area contributed by atoms with E-state index in [1.807, 2.05) is 49.5 Å². The molecule has 2 aromatic rings. The highest BCUT2D eigenvalue weighted by Gasteiger charge is 2.06. The molecule has 0 fully saturated rings. The van der Waals surface area contributed by atoms with Crippen LogP contribution in [0.15, 0.2) is 23.6 Å². The summed E-state index contributed by atoms with van der Waals surface area (Å²) in [4.78, 5) is 6.37. The first-order valence-electron chi connectivity index (χ1n) is 5.67. The molecule has 4 nitrogen and oxygen atoms in total. The van der Waals surface area contributed by atoms with Gasteiger partial charge in [0.2, 0.25) is 0 Å². The number of nitrogens with zero attached hydrogens (tertiary/aromatic N) is 2. The smallest absolute Gasteiger partial charge is 0.144 e. The van der Waals surface area contributed by atoms with E-state index in [0.717, 1.165) is 16.4 Å². The molecule has 1 heterocycles. The number of hydrogen-bond donors (Lipinski definition) is 1. The van der Waals surface area contributed by atoms with Crippen molar-refractivity contribution in [2.45, 2.75) is 13.5 Å². The number of nitrogens with two attached hydrogens (primary N) is 1. The van der Waals surface area contributed by atoms with Crippen LogP contribution in [-0.2, 0) is 6.61 Å². The Morgan fingerprint density at radius 2 is 2.17 bits per heavy atom. The maximum absolute atomic E-state index is 5.90. The monoisotopic (exact) mass is 263 g/mol. The van der Waals surface area contributed by atoms with Crippen molar-refractivity contribution in [1.82, 2.24) is 4.98 Å². The van der Waals surface area contributed by atoms with E-state index in [1.165, 1.54) is 0 Å². The molecule has 0 aliphatic carbocycles. The van der Waals surface area contributed by atoms with Crippen LogP contribution in [0, 0.1) is 6.92 Å². The molecule has 1 aromatic heterocycles. The van der Waals surface area contributed by atoms with E-state index in [1.54, 1.807) is 11.3 Å². The second-order valence-corrected chi connectivity index (χ2v) is 5.23. The number of nitrogen functional groups attached to an aromatic ring is 1. The lowest BCUT2D eigenvalue weighted by atomic mass is 10.2. The quantitative estimate of drug-likeness (QED) is 0.862.